The number of ether oxygens (including phenoxy) is 3. The number of thioether (sulfide) groups is 1. The van der Waals surface area contributed by atoms with E-state index in [0.717, 1.165) is 16.9 Å². The highest BCUT2D eigenvalue weighted by atomic mass is 32.2. The summed E-state index contributed by atoms with van der Waals surface area (Å²) in [6, 6.07) is 20.2. The minimum Gasteiger partial charge on any atom is -0.497 e. The number of aliphatic hydroxyl groups excluding tert-OH is 1. The maximum Gasteiger partial charge on any atom is 0.336 e. The third-order valence-electron chi connectivity index (χ3n) is 4.73. The summed E-state index contributed by atoms with van der Waals surface area (Å²) < 4.78 is 16.0. The first-order chi connectivity index (χ1) is 14.9. The lowest BCUT2D eigenvalue weighted by atomic mass is 10.1. The molecule has 3 aromatic carbocycles. The quantitative estimate of drug-likeness (QED) is 0.297. The fraction of sp³-hybridized carbons (Fsp3) is 0.208. The molecule has 6 nitrogen and oxygen atoms in total. The molecule has 2 atom stereocenters. The van der Waals surface area contributed by atoms with Gasteiger partial charge in [-0.3, -0.25) is 0 Å². The van der Waals surface area contributed by atoms with E-state index in [0.29, 0.717) is 22.1 Å². The van der Waals surface area contributed by atoms with E-state index in [9.17, 15) is 9.90 Å². The smallest absolute Gasteiger partial charge is 0.336 e. The van der Waals surface area contributed by atoms with E-state index >= 15 is 0 Å². The molecular weight excluding hydrogens is 414 g/mol. The van der Waals surface area contributed by atoms with Gasteiger partial charge in [0, 0.05) is 10.6 Å². The number of nitrogen functional groups attached to an aromatic ring is 1. The molecule has 0 saturated heterocycles. The van der Waals surface area contributed by atoms with Crippen molar-refractivity contribution >= 4 is 23.4 Å². The third kappa shape index (κ3) is 5.51. The van der Waals surface area contributed by atoms with Gasteiger partial charge in [0.25, 0.3) is 0 Å². The number of hydrogen-bond donors (Lipinski definition) is 2. The molecule has 0 aromatic heterocycles. The standard InChI is InChI=1S/C24H25NO5S/c1-15-6-4-5-7-20(15)30-18-12-13-19(25)21(14-18)31-23(22(26)24(27)29-3)16-8-10-17(28-2)11-9-16/h4-14,22-23,26H,25H2,1-3H3/t22-,23+/m1/s1. The summed E-state index contributed by atoms with van der Waals surface area (Å²) >= 11 is 1.27. The van der Waals surface area contributed by atoms with Crippen LogP contribution in [-0.4, -0.2) is 31.4 Å². The number of carbonyl (C=O) groups excluding carboxylic acids is 1. The van der Waals surface area contributed by atoms with Gasteiger partial charge < -0.3 is 25.1 Å². The summed E-state index contributed by atoms with van der Waals surface area (Å²) in [5.41, 5.74) is 8.45. The maximum atomic E-state index is 12.1. The Morgan fingerprint density at radius 2 is 1.68 bits per heavy atom. The second kappa shape index (κ2) is 10.2. The Kier molecular flexibility index (Phi) is 7.44. The van der Waals surface area contributed by atoms with Crippen LogP contribution in [0, 0.1) is 6.92 Å². The molecule has 0 amide bonds. The molecule has 0 radical (unpaired) electrons. The van der Waals surface area contributed by atoms with E-state index in [1.165, 1.54) is 18.9 Å². The van der Waals surface area contributed by atoms with E-state index in [-0.39, 0.29) is 0 Å². The average molecular weight is 440 g/mol. The Labute approximate surface area is 185 Å². The van der Waals surface area contributed by atoms with E-state index in [2.05, 4.69) is 0 Å². The van der Waals surface area contributed by atoms with Crippen molar-refractivity contribution in [2.24, 2.45) is 0 Å². The molecular formula is C24H25NO5S. The van der Waals surface area contributed by atoms with Crippen LogP contribution < -0.4 is 15.2 Å². The van der Waals surface area contributed by atoms with Crippen molar-refractivity contribution in [2.75, 3.05) is 20.0 Å². The highest BCUT2D eigenvalue weighted by molar-refractivity contribution is 7.99. The molecule has 0 saturated carbocycles. The molecule has 7 heteroatoms. The third-order valence-corrected chi connectivity index (χ3v) is 6.13. The Balaban J connectivity index is 1.92. The molecule has 0 fully saturated rings. The monoisotopic (exact) mass is 439 g/mol. The number of carbonyl (C=O) groups is 1. The van der Waals surface area contributed by atoms with Crippen LogP contribution in [0.2, 0.25) is 0 Å². The molecule has 0 unspecified atom stereocenters. The van der Waals surface area contributed by atoms with Crippen molar-refractivity contribution in [3.63, 3.8) is 0 Å². The zero-order valence-corrected chi connectivity index (χ0v) is 18.4. The molecule has 0 aliphatic carbocycles. The van der Waals surface area contributed by atoms with Gasteiger partial charge in [-0.05, 0) is 54.4 Å². The zero-order chi connectivity index (χ0) is 22.4. The molecule has 0 spiro atoms. The summed E-state index contributed by atoms with van der Waals surface area (Å²) in [6.07, 6.45) is -1.39. The Morgan fingerprint density at radius 1 is 1.00 bits per heavy atom. The van der Waals surface area contributed by atoms with Crippen LogP contribution in [-0.2, 0) is 9.53 Å². The fourth-order valence-corrected chi connectivity index (χ4v) is 4.16. The predicted molar refractivity (Wildman–Crippen MR) is 122 cm³/mol. The summed E-state index contributed by atoms with van der Waals surface area (Å²) in [5, 5.41) is 10.0. The van der Waals surface area contributed by atoms with Gasteiger partial charge in [-0.25, -0.2) is 4.79 Å². The average Bonchev–Trinajstić information content (AvgIpc) is 2.80. The van der Waals surface area contributed by atoms with Crippen molar-refractivity contribution in [3.05, 3.63) is 77.9 Å². The van der Waals surface area contributed by atoms with Gasteiger partial charge in [-0.15, -0.1) is 11.8 Å². The topological polar surface area (TPSA) is 91.0 Å². The highest BCUT2D eigenvalue weighted by Gasteiger charge is 2.30. The Hall–Kier alpha value is -3.16. The van der Waals surface area contributed by atoms with Crippen molar-refractivity contribution in [1.29, 1.82) is 0 Å². The number of hydrogen-bond acceptors (Lipinski definition) is 7. The number of methoxy groups -OCH3 is 2. The Bertz CT molecular complexity index is 1040. The molecule has 3 aromatic rings. The molecule has 3 rings (SSSR count). The summed E-state index contributed by atoms with van der Waals surface area (Å²) in [7, 11) is 2.82. The van der Waals surface area contributed by atoms with E-state index in [1.54, 1.807) is 49.6 Å². The molecule has 0 bridgehead atoms. The highest BCUT2D eigenvalue weighted by Crippen LogP contribution is 2.43. The Morgan fingerprint density at radius 3 is 2.32 bits per heavy atom. The van der Waals surface area contributed by atoms with E-state index in [1.807, 2.05) is 31.2 Å². The first-order valence-corrected chi connectivity index (χ1v) is 10.5. The SMILES string of the molecule is COC(=O)[C@H](O)[C@@H](Sc1cc(Oc2ccccc2C)ccc1N)c1ccc(OC)cc1. The lowest BCUT2D eigenvalue weighted by Gasteiger charge is -2.22. The lowest BCUT2D eigenvalue weighted by molar-refractivity contribution is -0.150. The lowest BCUT2D eigenvalue weighted by Crippen LogP contribution is -2.27. The van der Waals surface area contributed by atoms with Gasteiger partial charge in [-0.2, -0.15) is 0 Å². The number of aryl methyl sites for hydroxylation is 1. The predicted octanol–water partition coefficient (Wildman–Crippen LogP) is 4.75. The van der Waals surface area contributed by atoms with Crippen LogP contribution in [0.25, 0.3) is 0 Å². The van der Waals surface area contributed by atoms with Crippen LogP contribution in [0.1, 0.15) is 16.4 Å². The number of esters is 1. The van der Waals surface area contributed by atoms with Crippen LogP contribution in [0.4, 0.5) is 5.69 Å². The second-order valence-corrected chi connectivity index (χ2v) is 8.03. The first kappa shape index (κ1) is 22.5. The zero-order valence-electron chi connectivity index (χ0n) is 17.6. The van der Waals surface area contributed by atoms with Crippen molar-refractivity contribution < 1.29 is 24.1 Å². The van der Waals surface area contributed by atoms with E-state index in [4.69, 9.17) is 19.9 Å². The number of para-hydroxylation sites is 1. The first-order valence-electron chi connectivity index (χ1n) is 9.62. The van der Waals surface area contributed by atoms with Crippen LogP contribution in [0.5, 0.6) is 17.2 Å². The van der Waals surface area contributed by atoms with Gasteiger partial charge in [-0.1, -0.05) is 30.3 Å². The molecule has 0 aliphatic rings. The number of benzene rings is 3. The largest absolute Gasteiger partial charge is 0.497 e. The van der Waals surface area contributed by atoms with Gasteiger partial charge in [0.1, 0.15) is 17.2 Å². The molecule has 0 heterocycles. The summed E-state index contributed by atoms with van der Waals surface area (Å²) in [5.74, 6) is 1.30. The van der Waals surface area contributed by atoms with Crippen LogP contribution in [0.3, 0.4) is 0 Å². The summed E-state index contributed by atoms with van der Waals surface area (Å²) in [6.45, 7) is 1.97. The molecule has 3 N–H and O–H groups in total. The van der Waals surface area contributed by atoms with Crippen molar-refractivity contribution in [3.8, 4) is 17.2 Å². The van der Waals surface area contributed by atoms with Crippen LogP contribution >= 0.6 is 11.8 Å². The van der Waals surface area contributed by atoms with Crippen molar-refractivity contribution in [2.45, 2.75) is 23.2 Å². The number of nitrogens with two attached hydrogens (primary N) is 1. The fourth-order valence-electron chi connectivity index (χ4n) is 2.97. The molecule has 0 aliphatic heterocycles. The van der Waals surface area contributed by atoms with Gasteiger partial charge in [0.2, 0.25) is 0 Å². The number of rotatable bonds is 8. The van der Waals surface area contributed by atoms with Gasteiger partial charge in [0.05, 0.1) is 19.5 Å². The number of anilines is 1. The minimum atomic E-state index is -1.39. The van der Waals surface area contributed by atoms with E-state index < -0.39 is 17.3 Å². The second-order valence-electron chi connectivity index (χ2n) is 6.85. The molecule has 31 heavy (non-hydrogen) atoms. The van der Waals surface area contributed by atoms with Gasteiger partial charge in [0.15, 0.2) is 6.10 Å². The number of aliphatic hydroxyl groups is 1. The van der Waals surface area contributed by atoms with Gasteiger partial charge >= 0.3 is 5.97 Å². The normalized spacial score (nSPS) is 12.6. The van der Waals surface area contributed by atoms with Crippen LogP contribution in [0.15, 0.2) is 71.6 Å². The molecule has 162 valence electrons. The maximum absolute atomic E-state index is 12.1. The minimum absolute atomic E-state index is 0.512. The summed E-state index contributed by atoms with van der Waals surface area (Å²) in [4.78, 5) is 12.8. The van der Waals surface area contributed by atoms with Crippen molar-refractivity contribution in [1.82, 2.24) is 0 Å².